The molecule has 0 aliphatic heterocycles. The van der Waals surface area contributed by atoms with Crippen molar-refractivity contribution in [2.24, 2.45) is 0 Å². The van der Waals surface area contributed by atoms with Gasteiger partial charge in [-0.15, -0.1) is 0 Å². The Balaban J connectivity index is 2.28. The molecule has 1 atom stereocenters. The van der Waals surface area contributed by atoms with Gasteiger partial charge in [0.2, 0.25) is 0 Å². The highest BCUT2D eigenvalue weighted by atomic mass is 16.4. The van der Waals surface area contributed by atoms with E-state index in [9.17, 15) is 4.79 Å². The molecule has 0 spiro atoms. The minimum atomic E-state index is -0.913. The average molecular weight is 206 g/mol. The second kappa shape index (κ2) is 3.61. The average Bonchev–Trinajstić information content (AvgIpc) is 2.86. The number of carboxylic acid groups (broad SMARTS) is 1. The van der Waals surface area contributed by atoms with E-state index in [1.807, 2.05) is 0 Å². The first kappa shape index (κ1) is 9.51. The van der Waals surface area contributed by atoms with E-state index in [2.05, 4.69) is 5.10 Å². The molecule has 2 heterocycles. The highest BCUT2D eigenvalue weighted by molar-refractivity contribution is 5.71. The second-order valence-corrected chi connectivity index (χ2v) is 3.20. The zero-order chi connectivity index (χ0) is 10.8. The Kier molecular flexibility index (Phi) is 2.29. The molecule has 0 bridgehead atoms. The first-order chi connectivity index (χ1) is 7.18. The molecule has 0 amide bonds. The van der Waals surface area contributed by atoms with Gasteiger partial charge in [-0.1, -0.05) is 0 Å². The van der Waals surface area contributed by atoms with Crippen molar-refractivity contribution in [1.82, 2.24) is 9.78 Å². The molecule has 0 aliphatic carbocycles. The minimum absolute atomic E-state index is 0.672. The Morgan fingerprint density at radius 3 is 3.07 bits per heavy atom. The molecule has 0 saturated carbocycles. The van der Waals surface area contributed by atoms with Gasteiger partial charge in [0.25, 0.3) is 0 Å². The largest absolute Gasteiger partial charge is 0.480 e. The van der Waals surface area contributed by atoms with Gasteiger partial charge in [0.05, 0.1) is 18.0 Å². The van der Waals surface area contributed by atoms with Gasteiger partial charge in [0.15, 0.2) is 0 Å². The van der Waals surface area contributed by atoms with E-state index in [1.54, 1.807) is 37.7 Å². The summed E-state index contributed by atoms with van der Waals surface area (Å²) in [5.74, 6) is -0.233. The molecule has 0 radical (unpaired) electrons. The highest BCUT2D eigenvalue weighted by Gasteiger charge is 2.14. The second-order valence-electron chi connectivity index (χ2n) is 3.20. The van der Waals surface area contributed by atoms with Crippen LogP contribution in [0.5, 0.6) is 0 Å². The van der Waals surface area contributed by atoms with Crippen molar-refractivity contribution < 1.29 is 14.3 Å². The molecule has 2 aromatic heterocycles. The lowest BCUT2D eigenvalue weighted by Crippen LogP contribution is -2.15. The fourth-order valence-corrected chi connectivity index (χ4v) is 1.23. The van der Waals surface area contributed by atoms with E-state index >= 15 is 0 Å². The smallest absolute Gasteiger partial charge is 0.328 e. The van der Waals surface area contributed by atoms with Crippen molar-refractivity contribution in [3.8, 4) is 11.3 Å². The zero-order valence-corrected chi connectivity index (χ0v) is 8.12. The van der Waals surface area contributed by atoms with Crippen LogP contribution in [0, 0.1) is 0 Å². The molecular weight excluding hydrogens is 196 g/mol. The van der Waals surface area contributed by atoms with Crippen LogP contribution in [0.3, 0.4) is 0 Å². The Morgan fingerprint density at radius 1 is 1.67 bits per heavy atom. The molecule has 78 valence electrons. The van der Waals surface area contributed by atoms with Crippen LogP contribution in [-0.2, 0) is 4.79 Å². The number of carboxylic acids is 1. The Hall–Kier alpha value is -2.04. The maximum Gasteiger partial charge on any atom is 0.328 e. The van der Waals surface area contributed by atoms with Crippen molar-refractivity contribution in [3.05, 3.63) is 30.8 Å². The number of nitrogens with zero attached hydrogens (tertiary/aromatic N) is 2. The van der Waals surface area contributed by atoms with Crippen molar-refractivity contribution in [1.29, 1.82) is 0 Å². The van der Waals surface area contributed by atoms with Gasteiger partial charge < -0.3 is 9.52 Å². The van der Waals surface area contributed by atoms with E-state index in [-0.39, 0.29) is 0 Å². The number of hydrogen-bond acceptors (Lipinski definition) is 3. The summed E-state index contributed by atoms with van der Waals surface area (Å²) in [6.07, 6.45) is 4.79. The molecule has 5 nitrogen and oxygen atoms in total. The SMILES string of the molecule is C[C@H](C(=O)O)n1cc(-c2ccco2)cn1. The van der Waals surface area contributed by atoms with E-state index in [0.29, 0.717) is 5.76 Å². The Morgan fingerprint density at radius 2 is 2.47 bits per heavy atom. The predicted molar refractivity (Wildman–Crippen MR) is 52.3 cm³/mol. The fourth-order valence-electron chi connectivity index (χ4n) is 1.23. The summed E-state index contributed by atoms with van der Waals surface area (Å²) in [5, 5.41) is 12.8. The standard InChI is InChI=1S/C10H10N2O3/c1-7(10(13)14)12-6-8(5-11-12)9-3-2-4-15-9/h2-7H,1H3,(H,13,14)/t7-/m1/s1. The summed E-state index contributed by atoms with van der Waals surface area (Å²) in [5.41, 5.74) is 0.771. The molecule has 2 rings (SSSR count). The van der Waals surface area contributed by atoms with E-state index in [0.717, 1.165) is 5.56 Å². The molecule has 0 aromatic carbocycles. The van der Waals surface area contributed by atoms with Gasteiger partial charge >= 0.3 is 5.97 Å². The van der Waals surface area contributed by atoms with E-state index in [1.165, 1.54) is 4.68 Å². The number of aliphatic carboxylic acids is 1. The molecule has 0 fully saturated rings. The van der Waals surface area contributed by atoms with Crippen LogP contribution in [-0.4, -0.2) is 20.9 Å². The fraction of sp³-hybridized carbons (Fsp3) is 0.200. The monoisotopic (exact) mass is 206 g/mol. The lowest BCUT2D eigenvalue weighted by Gasteiger charge is -2.04. The highest BCUT2D eigenvalue weighted by Crippen LogP contribution is 2.20. The van der Waals surface area contributed by atoms with Gasteiger partial charge in [-0.3, -0.25) is 4.68 Å². The Bertz CT molecular complexity index is 459. The third kappa shape index (κ3) is 1.76. The molecule has 0 saturated heterocycles. The van der Waals surface area contributed by atoms with Gasteiger partial charge in [-0.05, 0) is 19.1 Å². The first-order valence-electron chi connectivity index (χ1n) is 4.49. The Labute approximate surface area is 85.9 Å². The van der Waals surface area contributed by atoms with Gasteiger partial charge in [0, 0.05) is 6.20 Å². The molecule has 1 N–H and O–H groups in total. The summed E-state index contributed by atoms with van der Waals surface area (Å²) in [6.45, 7) is 1.57. The number of carbonyl (C=O) groups is 1. The zero-order valence-electron chi connectivity index (χ0n) is 8.12. The summed E-state index contributed by atoms with van der Waals surface area (Å²) in [4.78, 5) is 10.7. The van der Waals surface area contributed by atoms with Crippen LogP contribution in [0.2, 0.25) is 0 Å². The van der Waals surface area contributed by atoms with Crippen LogP contribution in [0.4, 0.5) is 0 Å². The number of rotatable bonds is 3. The van der Waals surface area contributed by atoms with Crippen LogP contribution in [0.1, 0.15) is 13.0 Å². The molecule has 15 heavy (non-hydrogen) atoms. The maximum atomic E-state index is 10.7. The maximum absolute atomic E-state index is 10.7. The number of furan rings is 1. The quantitative estimate of drug-likeness (QED) is 0.831. The number of hydrogen-bond donors (Lipinski definition) is 1. The molecule has 2 aromatic rings. The predicted octanol–water partition coefficient (Wildman–Crippen LogP) is 1.79. The van der Waals surface area contributed by atoms with E-state index in [4.69, 9.17) is 9.52 Å². The van der Waals surface area contributed by atoms with E-state index < -0.39 is 12.0 Å². The normalized spacial score (nSPS) is 12.6. The molecule has 0 unspecified atom stereocenters. The lowest BCUT2D eigenvalue weighted by atomic mass is 10.3. The van der Waals surface area contributed by atoms with Crippen LogP contribution >= 0.6 is 0 Å². The van der Waals surface area contributed by atoms with Gasteiger partial charge in [0.1, 0.15) is 11.8 Å². The van der Waals surface area contributed by atoms with Crippen molar-refractivity contribution in [2.75, 3.05) is 0 Å². The lowest BCUT2D eigenvalue weighted by molar-refractivity contribution is -0.140. The topological polar surface area (TPSA) is 68.3 Å². The van der Waals surface area contributed by atoms with Crippen LogP contribution in [0.25, 0.3) is 11.3 Å². The van der Waals surface area contributed by atoms with Crippen molar-refractivity contribution in [2.45, 2.75) is 13.0 Å². The van der Waals surface area contributed by atoms with Crippen molar-refractivity contribution >= 4 is 5.97 Å². The summed E-state index contributed by atoms with van der Waals surface area (Å²) >= 11 is 0. The number of aromatic nitrogens is 2. The third-order valence-corrected chi connectivity index (χ3v) is 2.16. The molecule has 5 heteroatoms. The summed E-state index contributed by atoms with van der Waals surface area (Å²) < 4.78 is 6.56. The van der Waals surface area contributed by atoms with Gasteiger partial charge in [-0.25, -0.2) is 4.79 Å². The summed E-state index contributed by atoms with van der Waals surface area (Å²) in [7, 11) is 0. The third-order valence-electron chi connectivity index (χ3n) is 2.16. The minimum Gasteiger partial charge on any atom is -0.480 e. The summed E-state index contributed by atoms with van der Waals surface area (Å²) in [6, 6.07) is 2.90. The van der Waals surface area contributed by atoms with Crippen LogP contribution < -0.4 is 0 Å². The van der Waals surface area contributed by atoms with Crippen LogP contribution in [0.15, 0.2) is 35.2 Å². The first-order valence-corrected chi connectivity index (χ1v) is 4.49. The van der Waals surface area contributed by atoms with Crippen molar-refractivity contribution in [3.63, 3.8) is 0 Å². The van der Waals surface area contributed by atoms with Gasteiger partial charge in [-0.2, -0.15) is 5.10 Å². The molecule has 0 aliphatic rings. The molecular formula is C10H10N2O3.